The lowest BCUT2D eigenvalue weighted by Crippen LogP contribution is -2.27. The molecule has 0 atom stereocenters. The van der Waals surface area contributed by atoms with Gasteiger partial charge in [0, 0.05) is 0 Å². The summed E-state index contributed by atoms with van der Waals surface area (Å²) in [5, 5.41) is 27.9. The molecule has 0 aliphatic rings. The van der Waals surface area contributed by atoms with Gasteiger partial charge in [0.15, 0.2) is 0 Å². The van der Waals surface area contributed by atoms with Crippen molar-refractivity contribution >= 4 is 19.0 Å². The first-order valence-electron chi connectivity index (χ1n) is 2.87. The van der Waals surface area contributed by atoms with Gasteiger partial charge in [-0.15, -0.1) is 0 Å². The highest BCUT2D eigenvalue weighted by atomic mass is 16.4. The Morgan fingerprint density at radius 3 is 2.64 bits per heavy atom. The van der Waals surface area contributed by atoms with Crippen LogP contribution in [-0.4, -0.2) is 28.6 Å². The molecule has 0 aliphatic carbocycles. The highest BCUT2D eigenvalue weighted by Crippen LogP contribution is 1.93. The molecule has 0 amide bonds. The van der Waals surface area contributed by atoms with Gasteiger partial charge in [-0.1, -0.05) is 5.16 Å². The van der Waals surface area contributed by atoms with E-state index in [-0.39, 0.29) is 11.4 Å². The van der Waals surface area contributed by atoms with E-state index in [4.69, 9.17) is 19.7 Å². The minimum Gasteiger partial charge on any atom is -0.464 e. The Hall–Kier alpha value is -1.27. The van der Waals surface area contributed by atoms with Crippen LogP contribution in [0.1, 0.15) is 5.76 Å². The molecule has 0 spiro atoms. The maximum atomic E-state index is 8.56. The third-order valence-corrected chi connectivity index (χ3v) is 1.09. The average Bonchev–Trinajstić information content (AvgIpc) is 2.37. The molecule has 1 rings (SSSR count). The van der Waals surface area contributed by atoms with E-state index in [1.165, 1.54) is 12.1 Å². The molecule has 1 heterocycles. The number of furan rings is 1. The zero-order valence-electron chi connectivity index (χ0n) is 5.51. The standard InChI is InChI=1S/C5H6BNO4/c8-6(9)5-2-1-4(11-5)3-7-10/h1-3,8-10H/b7-3+. The van der Waals surface area contributed by atoms with Crippen LogP contribution in [0.4, 0.5) is 0 Å². The Kier molecular flexibility index (Phi) is 2.30. The first kappa shape index (κ1) is 7.84. The third kappa shape index (κ3) is 1.82. The Morgan fingerprint density at radius 2 is 2.18 bits per heavy atom. The fourth-order valence-corrected chi connectivity index (χ4v) is 0.633. The molecular formula is C5H6BNO4. The second-order valence-corrected chi connectivity index (χ2v) is 1.86. The lowest BCUT2D eigenvalue weighted by molar-refractivity contribution is 0.320. The Bertz CT molecular complexity index is 257. The van der Waals surface area contributed by atoms with Crippen molar-refractivity contribution in [2.75, 3.05) is 0 Å². The highest BCUT2D eigenvalue weighted by Gasteiger charge is 2.15. The number of oxime groups is 1. The van der Waals surface area contributed by atoms with E-state index in [1.807, 2.05) is 0 Å². The van der Waals surface area contributed by atoms with Crippen LogP contribution >= 0.6 is 0 Å². The number of hydrogen-bond donors (Lipinski definition) is 3. The quantitative estimate of drug-likeness (QED) is 0.216. The molecule has 11 heavy (non-hydrogen) atoms. The lowest BCUT2D eigenvalue weighted by atomic mass is 9.88. The minimum absolute atomic E-state index is 0.0138. The van der Waals surface area contributed by atoms with Gasteiger partial charge in [-0.2, -0.15) is 0 Å². The fraction of sp³-hybridized carbons (Fsp3) is 0. The SMILES string of the molecule is O/N=C/c1ccc(B(O)O)o1. The van der Waals surface area contributed by atoms with E-state index in [9.17, 15) is 0 Å². The van der Waals surface area contributed by atoms with Crippen LogP contribution in [0.5, 0.6) is 0 Å². The number of nitrogens with zero attached hydrogens (tertiary/aromatic N) is 1. The van der Waals surface area contributed by atoms with Crippen molar-refractivity contribution in [1.29, 1.82) is 0 Å². The summed E-state index contributed by atoms with van der Waals surface area (Å²) in [6.45, 7) is 0. The molecule has 0 aromatic carbocycles. The summed E-state index contributed by atoms with van der Waals surface area (Å²) in [4.78, 5) is 0. The van der Waals surface area contributed by atoms with Crippen molar-refractivity contribution < 1.29 is 19.7 Å². The van der Waals surface area contributed by atoms with Gasteiger partial charge >= 0.3 is 7.12 Å². The monoisotopic (exact) mass is 155 g/mol. The van der Waals surface area contributed by atoms with Crippen molar-refractivity contribution in [3.05, 3.63) is 17.9 Å². The molecule has 0 fully saturated rings. The van der Waals surface area contributed by atoms with Crippen LogP contribution in [0.15, 0.2) is 21.7 Å². The normalized spacial score (nSPS) is 10.7. The molecule has 1 aromatic heterocycles. The minimum atomic E-state index is -1.63. The van der Waals surface area contributed by atoms with Gasteiger partial charge in [-0.3, -0.25) is 0 Å². The predicted octanol–water partition coefficient (Wildman–Crippen LogP) is -1.23. The molecule has 0 unspecified atom stereocenters. The first-order valence-corrected chi connectivity index (χ1v) is 2.87. The number of rotatable bonds is 2. The van der Waals surface area contributed by atoms with Gasteiger partial charge < -0.3 is 19.7 Å². The molecule has 0 aliphatic heterocycles. The van der Waals surface area contributed by atoms with E-state index in [2.05, 4.69) is 5.16 Å². The summed E-state index contributed by atoms with van der Waals surface area (Å²) in [7, 11) is -1.63. The topological polar surface area (TPSA) is 86.2 Å². The van der Waals surface area contributed by atoms with Crippen LogP contribution in [-0.2, 0) is 0 Å². The summed E-state index contributed by atoms with van der Waals surface area (Å²) in [5.74, 6) is 0.260. The van der Waals surface area contributed by atoms with Gasteiger partial charge in [-0.05, 0) is 12.1 Å². The molecule has 0 saturated heterocycles. The Morgan fingerprint density at radius 1 is 1.45 bits per heavy atom. The molecule has 58 valence electrons. The maximum Gasteiger partial charge on any atom is 0.526 e. The van der Waals surface area contributed by atoms with Crippen molar-refractivity contribution in [2.24, 2.45) is 5.16 Å². The van der Waals surface area contributed by atoms with Crippen molar-refractivity contribution in [1.82, 2.24) is 0 Å². The second kappa shape index (κ2) is 3.22. The van der Waals surface area contributed by atoms with Gasteiger partial charge in [0.2, 0.25) is 0 Å². The van der Waals surface area contributed by atoms with Gasteiger partial charge in [-0.25, -0.2) is 0 Å². The molecule has 3 N–H and O–H groups in total. The second-order valence-electron chi connectivity index (χ2n) is 1.86. The van der Waals surface area contributed by atoms with Crippen LogP contribution in [0.3, 0.4) is 0 Å². The zero-order chi connectivity index (χ0) is 8.27. The average molecular weight is 155 g/mol. The fourth-order valence-electron chi connectivity index (χ4n) is 0.633. The van der Waals surface area contributed by atoms with Crippen LogP contribution in [0.2, 0.25) is 0 Å². The molecular weight excluding hydrogens is 149 g/mol. The largest absolute Gasteiger partial charge is 0.526 e. The lowest BCUT2D eigenvalue weighted by Gasteiger charge is -1.89. The van der Waals surface area contributed by atoms with Crippen LogP contribution < -0.4 is 5.66 Å². The van der Waals surface area contributed by atoms with Crippen molar-refractivity contribution in [3.8, 4) is 0 Å². The summed E-state index contributed by atoms with van der Waals surface area (Å²) >= 11 is 0. The molecule has 0 radical (unpaired) electrons. The van der Waals surface area contributed by atoms with E-state index in [1.54, 1.807) is 0 Å². The van der Waals surface area contributed by atoms with Gasteiger partial charge in [0.25, 0.3) is 0 Å². The molecule has 1 aromatic rings. The van der Waals surface area contributed by atoms with Crippen LogP contribution in [0.25, 0.3) is 0 Å². The predicted molar refractivity (Wildman–Crippen MR) is 37.9 cm³/mol. The molecule has 0 saturated carbocycles. The highest BCUT2D eigenvalue weighted by molar-refractivity contribution is 6.57. The molecule has 0 bridgehead atoms. The first-order chi connectivity index (χ1) is 5.24. The van der Waals surface area contributed by atoms with E-state index in [0.717, 1.165) is 6.21 Å². The summed E-state index contributed by atoms with van der Waals surface area (Å²) in [5.41, 5.74) is 0.0138. The smallest absolute Gasteiger partial charge is 0.464 e. The Labute approximate surface area is 62.7 Å². The van der Waals surface area contributed by atoms with E-state index >= 15 is 0 Å². The maximum absolute atomic E-state index is 8.56. The Balaban J connectivity index is 2.81. The molecule has 5 nitrogen and oxygen atoms in total. The van der Waals surface area contributed by atoms with Gasteiger partial charge in [0.1, 0.15) is 17.6 Å². The summed E-state index contributed by atoms with van der Waals surface area (Å²) in [6.07, 6.45) is 1.05. The third-order valence-electron chi connectivity index (χ3n) is 1.09. The van der Waals surface area contributed by atoms with Crippen LogP contribution in [0, 0.1) is 0 Å². The van der Waals surface area contributed by atoms with Crippen molar-refractivity contribution in [3.63, 3.8) is 0 Å². The summed E-state index contributed by atoms with van der Waals surface area (Å²) in [6, 6.07) is 2.83. The van der Waals surface area contributed by atoms with Gasteiger partial charge in [0.05, 0.1) is 0 Å². The van der Waals surface area contributed by atoms with E-state index in [0.29, 0.717) is 0 Å². The zero-order valence-corrected chi connectivity index (χ0v) is 5.51. The summed E-state index contributed by atoms with van der Waals surface area (Å²) < 4.78 is 4.78. The van der Waals surface area contributed by atoms with Crippen molar-refractivity contribution in [2.45, 2.75) is 0 Å². The number of hydrogen-bond acceptors (Lipinski definition) is 5. The van der Waals surface area contributed by atoms with E-state index < -0.39 is 7.12 Å². The molecule has 6 heteroatoms.